The van der Waals surface area contributed by atoms with Crippen LogP contribution in [0.5, 0.6) is 0 Å². The molecule has 0 spiro atoms. The number of anilines is 3. The van der Waals surface area contributed by atoms with E-state index in [0.29, 0.717) is 0 Å². The number of aromatic nitrogens is 1. The van der Waals surface area contributed by atoms with Crippen molar-refractivity contribution < 1.29 is 0 Å². The number of fused-ring (bicyclic) bond motifs is 4. The van der Waals surface area contributed by atoms with Gasteiger partial charge in [0.2, 0.25) is 0 Å². The van der Waals surface area contributed by atoms with Crippen molar-refractivity contribution in [2.75, 3.05) is 4.90 Å². The van der Waals surface area contributed by atoms with E-state index in [1.54, 1.807) is 0 Å². The number of benzene rings is 10. The molecule has 0 aliphatic carbocycles. The Morgan fingerprint density at radius 3 is 1.60 bits per heavy atom. The van der Waals surface area contributed by atoms with Gasteiger partial charge in [0.05, 0.1) is 16.7 Å². The van der Waals surface area contributed by atoms with Gasteiger partial charge >= 0.3 is 0 Å². The predicted octanol–water partition coefficient (Wildman–Crippen LogP) is 16.1. The van der Waals surface area contributed by atoms with Crippen LogP contribution in [-0.2, 0) is 0 Å². The number of nitrogens with zero attached hydrogens (tertiary/aromatic N) is 2. The Balaban J connectivity index is 1.02. The first-order valence-corrected chi connectivity index (χ1v) is 20.6. The Morgan fingerprint density at radius 2 is 0.833 bits per heavy atom. The van der Waals surface area contributed by atoms with E-state index in [1.165, 1.54) is 77.1 Å². The van der Waals surface area contributed by atoms with Crippen molar-refractivity contribution in [3.05, 3.63) is 243 Å². The predicted molar refractivity (Wildman–Crippen MR) is 255 cm³/mol. The van der Waals surface area contributed by atoms with Crippen molar-refractivity contribution in [3.63, 3.8) is 0 Å². The van der Waals surface area contributed by atoms with Gasteiger partial charge < -0.3 is 9.47 Å². The molecule has 0 amide bonds. The number of para-hydroxylation sites is 3. The van der Waals surface area contributed by atoms with Crippen molar-refractivity contribution in [2.24, 2.45) is 0 Å². The van der Waals surface area contributed by atoms with Crippen molar-refractivity contribution >= 4 is 49.6 Å². The smallest absolute Gasteiger partial charge is 0.0547 e. The van der Waals surface area contributed by atoms with Gasteiger partial charge in [-0.05, 0) is 110 Å². The summed E-state index contributed by atoms with van der Waals surface area (Å²) < 4.78 is 2.39. The van der Waals surface area contributed by atoms with Crippen LogP contribution in [0.4, 0.5) is 17.1 Å². The summed E-state index contributed by atoms with van der Waals surface area (Å²) in [5.74, 6) is 0. The molecule has 11 aromatic rings. The van der Waals surface area contributed by atoms with Crippen LogP contribution in [0, 0.1) is 0 Å². The highest BCUT2D eigenvalue weighted by atomic mass is 15.1. The maximum Gasteiger partial charge on any atom is 0.0547 e. The standard InChI is InChI=1S/C58H40N2/c1-3-17-43(18-4-1)51-23-11-13-27-55(51)59(48-36-32-42(33-37-48)46-31-30-41-16-7-8-19-45(41)40-46)49-38-34-44(35-39-49)50-22-9-10-24-52(50)53-26-15-29-57-58(53)54-25-12-14-28-56(54)60(57)47-20-5-2-6-21-47/h1-40H. The molecule has 0 saturated heterocycles. The van der Waals surface area contributed by atoms with E-state index in [9.17, 15) is 0 Å². The van der Waals surface area contributed by atoms with Gasteiger partial charge in [-0.1, -0.05) is 182 Å². The van der Waals surface area contributed by atoms with Gasteiger partial charge in [-0.3, -0.25) is 0 Å². The molecule has 2 heteroatoms. The van der Waals surface area contributed by atoms with E-state index in [4.69, 9.17) is 0 Å². The molecule has 10 aromatic carbocycles. The van der Waals surface area contributed by atoms with Crippen molar-refractivity contribution in [3.8, 4) is 50.2 Å². The van der Waals surface area contributed by atoms with Crippen LogP contribution in [0.15, 0.2) is 243 Å². The topological polar surface area (TPSA) is 8.17 Å². The summed E-state index contributed by atoms with van der Waals surface area (Å²) in [5.41, 5.74) is 16.4. The Kier molecular flexibility index (Phi) is 8.87. The number of hydrogen-bond acceptors (Lipinski definition) is 1. The Hall–Kier alpha value is -7.94. The van der Waals surface area contributed by atoms with Crippen molar-refractivity contribution in [1.29, 1.82) is 0 Å². The van der Waals surface area contributed by atoms with Gasteiger partial charge in [0.1, 0.15) is 0 Å². The molecule has 60 heavy (non-hydrogen) atoms. The average Bonchev–Trinajstić information content (AvgIpc) is 3.67. The summed E-state index contributed by atoms with van der Waals surface area (Å²) in [5, 5.41) is 5.00. The highest BCUT2D eigenvalue weighted by molar-refractivity contribution is 6.16. The van der Waals surface area contributed by atoms with Gasteiger partial charge in [-0.2, -0.15) is 0 Å². The summed E-state index contributed by atoms with van der Waals surface area (Å²) in [4.78, 5) is 2.39. The molecular weight excluding hydrogens is 725 g/mol. The molecule has 0 bridgehead atoms. The lowest BCUT2D eigenvalue weighted by molar-refractivity contribution is 1.18. The normalized spacial score (nSPS) is 11.3. The van der Waals surface area contributed by atoms with Crippen LogP contribution < -0.4 is 4.90 Å². The molecule has 0 radical (unpaired) electrons. The van der Waals surface area contributed by atoms with Crippen molar-refractivity contribution in [1.82, 2.24) is 4.57 Å². The lowest BCUT2D eigenvalue weighted by Gasteiger charge is -2.28. The lowest BCUT2D eigenvalue weighted by atomic mass is 9.91. The second-order valence-electron chi connectivity index (χ2n) is 15.3. The first kappa shape index (κ1) is 35.2. The molecule has 11 rings (SSSR count). The summed E-state index contributed by atoms with van der Waals surface area (Å²) in [6.07, 6.45) is 0. The molecule has 1 aromatic heterocycles. The van der Waals surface area contributed by atoms with Crippen LogP contribution in [0.3, 0.4) is 0 Å². The third-order valence-electron chi connectivity index (χ3n) is 11.8. The lowest BCUT2D eigenvalue weighted by Crippen LogP contribution is -2.11. The summed E-state index contributed by atoms with van der Waals surface area (Å²) >= 11 is 0. The molecule has 1 heterocycles. The zero-order chi connectivity index (χ0) is 39.8. The molecule has 0 aliphatic rings. The zero-order valence-corrected chi connectivity index (χ0v) is 33.0. The fourth-order valence-electron chi connectivity index (χ4n) is 8.99. The largest absolute Gasteiger partial charge is 0.310 e. The second-order valence-corrected chi connectivity index (χ2v) is 15.3. The van der Waals surface area contributed by atoms with E-state index in [2.05, 4.69) is 252 Å². The first-order chi connectivity index (χ1) is 29.8. The van der Waals surface area contributed by atoms with Crippen LogP contribution in [0.25, 0.3) is 82.8 Å². The molecule has 0 aliphatic heterocycles. The second kappa shape index (κ2) is 15.1. The Morgan fingerprint density at radius 1 is 0.300 bits per heavy atom. The fraction of sp³-hybridized carbons (Fsp3) is 0. The quantitative estimate of drug-likeness (QED) is 0.150. The fourth-order valence-corrected chi connectivity index (χ4v) is 8.99. The number of rotatable bonds is 8. The molecule has 0 saturated carbocycles. The van der Waals surface area contributed by atoms with E-state index in [0.717, 1.165) is 22.7 Å². The SMILES string of the molecule is c1ccc(-c2ccccc2N(c2ccc(-c3ccc4ccccc4c3)cc2)c2ccc(-c3ccccc3-c3cccc4c3c3ccccc3n4-c3ccccc3)cc2)cc1. The molecule has 282 valence electrons. The minimum absolute atomic E-state index is 1.09. The van der Waals surface area contributed by atoms with E-state index < -0.39 is 0 Å². The van der Waals surface area contributed by atoms with Crippen LogP contribution in [0.2, 0.25) is 0 Å². The van der Waals surface area contributed by atoms with Gasteiger partial charge in [-0.15, -0.1) is 0 Å². The van der Waals surface area contributed by atoms with E-state index in [1.807, 2.05) is 0 Å². The zero-order valence-electron chi connectivity index (χ0n) is 33.0. The highest BCUT2D eigenvalue weighted by Crippen LogP contribution is 2.44. The summed E-state index contributed by atoms with van der Waals surface area (Å²) in [6.45, 7) is 0. The van der Waals surface area contributed by atoms with Gasteiger partial charge in [-0.25, -0.2) is 0 Å². The minimum Gasteiger partial charge on any atom is -0.310 e. The van der Waals surface area contributed by atoms with Crippen LogP contribution in [0.1, 0.15) is 0 Å². The Bertz CT molecular complexity index is 3290. The summed E-state index contributed by atoms with van der Waals surface area (Å²) in [7, 11) is 0. The minimum atomic E-state index is 1.09. The molecule has 0 unspecified atom stereocenters. The first-order valence-electron chi connectivity index (χ1n) is 20.6. The summed E-state index contributed by atoms with van der Waals surface area (Å²) in [6, 6.07) is 87.8. The molecule has 2 nitrogen and oxygen atoms in total. The Labute approximate surface area is 350 Å². The maximum absolute atomic E-state index is 2.39. The molecule has 0 N–H and O–H groups in total. The molecular formula is C58H40N2. The monoisotopic (exact) mass is 764 g/mol. The average molecular weight is 765 g/mol. The van der Waals surface area contributed by atoms with Gasteiger partial charge in [0.25, 0.3) is 0 Å². The highest BCUT2D eigenvalue weighted by Gasteiger charge is 2.20. The molecule has 0 fully saturated rings. The van der Waals surface area contributed by atoms with Gasteiger partial charge in [0.15, 0.2) is 0 Å². The van der Waals surface area contributed by atoms with E-state index in [-0.39, 0.29) is 0 Å². The third-order valence-corrected chi connectivity index (χ3v) is 11.8. The van der Waals surface area contributed by atoms with Crippen molar-refractivity contribution in [2.45, 2.75) is 0 Å². The van der Waals surface area contributed by atoms with Gasteiger partial charge in [0, 0.05) is 33.4 Å². The molecule has 0 atom stereocenters. The van der Waals surface area contributed by atoms with Crippen LogP contribution >= 0.6 is 0 Å². The maximum atomic E-state index is 2.39. The van der Waals surface area contributed by atoms with E-state index >= 15 is 0 Å². The third kappa shape index (κ3) is 6.23. The van der Waals surface area contributed by atoms with Crippen LogP contribution in [-0.4, -0.2) is 4.57 Å². The number of hydrogen-bond donors (Lipinski definition) is 0.